The van der Waals surface area contributed by atoms with Gasteiger partial charge < -0.3 is 10.2 Å². The van der Waals surface area contributed by atoms with Crippen molar-refractivity contribution in [2.45, 2.75) is 24.4 Å². The summed E-state index contributed by atoms with van der Waals surface area (Å²) in [5, 5.41) is 4.04. The van der Waals surface area contributed by atoms with Gasteiger partial charge in [-0.2, -0.15) is 0 Å². The average Bonchev–Trinajstić information content (AvgIpc) is 2.61. The Hall–Kier alpha value is -1.79. The Labute approximate surface area is 150 Å². The number of nitrogens with one attached hydrogen (secondary N) is 1. The van der Waals surface area contributed by atoms with Gasteiger partial charge in [0, 0.05) is 30.0 Å². The normalized spacial score (nSPS) is 14.5. The number of halogens is 1. The summed E-state index contributed by atoms with van der Waals surface area (Å²) in [6, 6.07) is 9.03. The molecule has 0 unspecified atom stereocenters. The van der Waals surface area contributed by atoms with Crippen molar-refractivity contribution in [3.05, 3.63) is 41.6 Å². The van der Waals surface area contributed by atoms with Crippen molar-refractivity contribution in [2.75, 3.05) is 29.1 Å². The summed E-state index contributed by atoms with van der Waals surface area (Å²) in [4.78, 5) is 23.1. The molecule has 3 rings (SSSR count). The highest BCUT2D eigenvalue weighted by atomic mass is 35.5. The van der Waals surface area contributed by atoms with Crippen LogP contribution in [0.4, 0.5) is 11.5 Å². The number of carbonyl (C=O) groups is 1. The minimum Gasteiger partial charge on any atom is -0.356 e. The Morgan fingerprint density at radius 2 is 2.08 bits per heavy atom. The molecule has 2 aromatic rings. The number of hydrogen-bond acceptors (Lipinski definition) is 5. The smallest absolute Gasteiger partial charge is 0.234 e. The summed E-state index contributed by atoms with van der Waals surface area (Å²) in [5.74, 6) is 1.10. The summed E-state index contributed by atoms with van der Waals surface area (Å²) in [7, 11) is 0. The number of nitrogens with zero attached hydrogens (tertiary/aromatic N) is 3. The van der Waals surface area contributed by atoms with E-state index >= 15 is 0 Å². The molecule has 0 radical (unpaired) electrons. The highest BCUT2D eigenvalue weighted by Crippen LogP contribution is 2.21. The van der Waals surface area contributed by atoms with Crippen LogP contribution in [0.5, 0.6) is 0 Å². The number of anilines is 2. The van der Waals surface area contributed by atoms with Crippen LogP contribution in [-0.4, -0.2) is 34.7 Å². The van der Waals surface area contributed by atoms with Crippen molar-refractivity contribution >= 4 is 40.8 Å². The van der Waals surface area contributed by atoms with Crippen molar-refractivity contribution < 1.29 is 4.79 Å². The van der Waals surface area contributed by atoms with Gasteiger partial charge in [0.05, 0.1) is 5.75 Å². The zero-order valence-electron chi connectivity index (χ0n) is 13.2. The topological polar surface area (TPSA) is 58.1 Å². The number of piperidine rings is 1. The lowest BCUT2D eigenvalue weighted by Gasteiger charge is -2.27. The molecule has 1 aliphatic heterocycles. The largest absolute Gasteiger partial charge is 0.356 e. The molecule has 24 heavy (non-hydrogen) atoms. The van der Waals surface area contributed by atoms with Crippen LogP contribution >= 0.6 is 23.4 Å². The zero-order chi connectivity index (χ0) is 16.8. The molecule has 7 heteroatoms. The Morgan fingerprint density at radius 1 is 1.25 bits per heavy atom. The van der Waals surface area contributed by atoms with Crippen LogP contribution in [0, 0.1) is 0 Å². The van der Waals surface area contributed by atoms with Crippen LogP contribution in [0.2, 0.25) is 5.02 Å². The van der Waals surface area contributed by atoms with Gasteiger partial charge in [-0.05, 0) is 43.5 Å². The second kappa shape index (κ2) is 8.35. The lowest BCUT2D eigenvalue weighted by molar-refractivity contribution is -0.113. The van der Waals surface area contributed by atoms with E-state index in [9.17, 15) is 4.79 Å². The van der Waals surface area contributed by atoms with E-state index in [1.165, 1.54) is 31.0 Å². The zero-order valence-corrected chi connectivity index (χ0v) is 14.8. The first-order valence-electron chi connectivity index (χ1n) is 7.97. The van der Waals surface area contributed by atoms with E-state index in [4.69, 9.17) is 11.6 Å². The van der Waals surface area contributed by atoms with Gasteiger partial charge in [0.25, 0.3) is 0 Å². The van der Waals surface area contributed by atoms with Gasteiger partial charge in [0.2, 0.25) is 5.91 Å². The standard InChI is InChI=1S/C17H19ClN4OS/c18-13-5-4-6-14(11-13)20-16(23)12-24-17-19-8-7-15(21-17)22-9-2-1-3-10-22/h4-8,11H,1-3,9-10,12H2,(H,20,23). The molecule has 1 amide bonds. The lowest BCUT2D eigenvalue weighted by atomic mass is 10.1. The molecule has 1 N–H and O–H groups in total. The van der Waals surface area contributed by atoms with Crippen LogP contribution in [0.3, 0.4) is 0 Å². The number of carbonyl (C=O) groups excluding carboxylic acids is 1. The SMILES string of the molecule is O=C(CSc1nccc(N2CCCCC2)n1)Nc1cccc(Cl)c1. The van der Waals surface area contributed by atoms with Crippen molar-refractivity contribution in [2.24, 2.45) is 0 Å². The molecule has 0 bridgehead atoms. The molecule has 1 aromatic heterocycles. The van der Waals surface area contributed by atoms with Crippen LogP contribution in [0.25, 0.3) is 0 Å². The molecule has 5 nitrogen and oxygen atoms in total. The molecule has 0 saturated carbocycles. The van der Waals surface area contributed by atoms with Crippen molar-refractivity contribution in [3.63, 3.8) is 0 Å². The van der Waals surface area contributed by atoms with E-state index < -0.39 is 0 Å². The number of rotatable bonds is 5. The first-order chi connectivity index (χ1) is 11.7. The van der Waals surface area contributed by atoms with E-state index in [0.717, 1.165) is 18.9 Å². The van der Waals surface area contributed by atoms with Crippen LogP contribution < -0.4 is 10.2 Å². The number of amides is 1. The van der Waals surface area contributed by atoms with Gasteiger partial charge in [0.15, 0.2) is 5.16 Å². The fraction of sp³-hybridized carbons (Fsp3) is 0.353. The Balaban J connectivity index is 1.55. The lowest BCUT2D eigenvalue weighted by Crippen LogP contribution is -2.30. The molecule has 0 aliphatic carbocycles. The summed E-state index contributed by atoms with van der Waals surface area (Å²) < 4.78 is 0. The molecule has 0 atom stereocenters. The van der Waals surface area contributed by atoms with E-state index in [-0.39, 0.29) is 11.7 Å². The third-order valence-corrected chi connectivity index (χ3v) is 4.84. The summed E-state index contributed by atoms with van der Waals surface area (Å²) in [5.41, 5.74) is 0.691. The van der Waals surface area contributed by atoms with E-state index in [1.807, 2.05) is 12.1 Å². The molecule has 2 heterocycles. The highest BCUT2D eigenvalue weighted by Gasteiger charge is 2.13. The fourth-order valence-electron chi connectivity index (χ4n) is 2.59. The van der Waals surface area contributed by atoms with Crippen LogP contribution in [0.15, 0.2) is 41.7 Å². The van der Waals surface area contributed by atoms with E-state index in [2.05, 4.69) is 20.2 Å². The first kappa shape index (κ1) is 17.0. The fourth-order valence-corrected chi connectivity index (χ4v) is 3.41. The van der Waals surface area contributed by atoms with Gasteiger partial charge in [-0.15, -0.1) is 0 Å². The van der Waals surface area contributed by atoms with Crippen molar-refractivity contribution in [3.8, 4) is 0 Å². The highest BCUT2D eigenvalue weighted by molar-refractivity contribution is 7.99. The van der Waals surface area contributed by atoms with Gasteiger partial charge in [-0.25, -0.2) is 9.97 Å². The molecular formula is C17H19ClN4OS. The summed E-state index contributed by atoms with van der Waals surface area (Å²) >= 11 is 7.25. The Bertz CT molecular complexity index is 706. The second-order valence-electron chi connectivity index (χ2n) is 5.59. The summed E-state index contributed by atoms with van der Waals surface area (Å²) in [6.07, 6.45) is 5.45. The predicted octanol–water partition coefficient (Wildman–Crippen LogP) is 3.85. The number of benzene rings is 1. The predicted molar refractivity (Wildman–Crippen MR) is 98.9 cm³/mol. The number of aromatic nitrogens is 2. The van der Waals surface area contributed by atoms with Gasteiger partial charge in [-0.1, -0.05) is 29.4 Å². The van der Waals surface area contributed by atoms with Gasteiger partial charge in [-0.3, -0.25) is 4.79 Å². The average molecular weight is 363 g/mol. The minimum absolute atomic E-state index is 0.103. The van der Waals surface area contributed by atoms with Crippen molar-refractivity contribution in [1.82, 2.24) is 9.97 Å². The van der Waals surface area contributed by atoms with Crippen molar-refractivity contribution in [1.29, 1.82) is 0 Å². The summed E-state index contributed by atoms with van der Waals surface area (Å²) in [6.45, 7) is 2.08. The van der Waals surface area contributed by atoms with Crippen LogP contribution in [-0.2, 0) is 4.79 Å². The third kappa shape index (κ3) is 4.85. The number of thioether (sulfide) groups is 1. The molecule has 126 valence electrons. The minimum atomic E-state index is -0.103. The monoisotopic (exact) mass is 362 g/mol. The first-order valence-corrected chi connectivity index (χ1v) is 9.33. The van der Waals surface area contributed by atoms with Gasteiger partial charge >= 0.3 is 0 Å². The Morgan fingerprint density at radius 3 is 2.88 bits per heavy atom. The third-order valence-electron chi connectivity index (χ3n) is 3.74. The van der Waals surface area contributed by atoms with E-state index in [0.29, 0.717) is 15.9 Å². The van der Waals surface area contributed by atoms with E-state index in [1.54, 1.807) is 24.4 Å². The van der Waals surface area contributed by atoms with Gasteiger partial charge in [0.1, 0.15) is 5.82 Å². The molecular weight excluding hydrogens is 344 g/mol. The van der Waals surface area contributed by atoms with Crippen LogP contribution in [0.1, 0.15) is 19.3 Å². The maximum absolute atomic E-state index is 12.0. The second-order valence-corrected chi connectivity index (χ2v) is 6.97. The molecule has 1 aromatic carbocycles. The maximum Gasteiger partial charge on any atom is 0.234 e. The molecule has 1 fully saturated rings. The quantitative estimate of drug-likeness (QED) is 0.646. The Kier molecular flexibility index (Phi) is 5.93. The molecule has 1 saturated heterocycles. The molecule has 1 aliphatic rings. The number of hydrogen-bond donors (Lipinski definition) is 1. The molecule has 0 spiro atoms. The maximum atomic E-state index is 12.0.